The van der Waals surface area contributed by atoms with E-state index in [0.717, 1.165) is 0 Å². The van der Waals surface area contributed by atoms with Crippen molar-refractivity contribution in [3.63, 3.8) is 0 Å². The van der Waals surface area contributed by atoms with Crippen LogP contribution in [0.3, 0.4) is 0 Å². The summed E-state index contributed by atoms with van der Waals surface area (Å²) in [5.74, 6) is -0.865. The molecule has 0 aliphatic heterocycles. The zero-order chi connectivity index (χ0) is 15.0. The lowest BCUT2D eigenvalue weighted by Crippen LogP contribution is -2.16. The summed E-state index contributed by atoms with van der Waals surface area (Å²) < 4.78 is 10.9. The van der Waals surface area contributed by atoms with Gasteiger partial charge in [-0.25, -0.2) is 4.79 Å². The Morgan fingerprint density at radius 2 is 2.10 bits per heavy atom. The van der Waals surface area contributed by atoms with Crippen molar-refractivity contribution in [2.75, 3.05) is 7.11 Å². The highest BCUT2D eigenvalue weighted by molar-refractivity contribution is 7.13. The first-order valence-corrected chi connectivity index (χ1v) is 6.92. The Bertz CT molecular complexity index is 877. The molecular weight excluding hydrogens is 292 g/mol. The molecule has 0 bridgehead atoms. The highest BCUT2D eigenvalue weighted by Crippen LogP contribution is 2.32. The van der Waals surface area contributed by atoms with Gasteiger partial charge in [0.05, 0.1) is 17.4 Å². The second-order valence-corrected chi connectivity index (χ2v) is 5.20. The second-order valence-electron chi connectivity index (χ2n) is 4.25. The molecule has 106 valence electrons. The van der Waals surface area contributed by atoms with E-state index in [1.807, 2.05) is 0 Å². The van der Waals surface area contributed by atoms with Crippen molar-refractivity contribution in [1.82, 2.24) is 0 Å². The molecule has 1 aromatic carbocycles. The lowest BCUT2D eigenvalue weighted by molar-refractivity contribution is 0.0694. The van der Waals surface area contributed by atoms with Gasteiger partial charge in [0.25, 0.3) is 0 Å². The molecule has 0 radical (unpaired) electrons. The number of hydrogen-bond acceptors (Lipinski definition) is 5. The first-order valence-electron chi connectivity index (χ1n) is 6.04. The van der Waals surface area contributed by atoms with E-state index >= 15 is 0 Å². The number of carboxylic acids is 1. The fourth-order valence-electron chi connectivity index (χ4n) is 2.13. The summed E-state index contributed by atoms with van der Waals surface area (Å²) in [5, 5.41) is 11.3. The molecule has 0 fully saturated rings. The average molecular weight is 302 g/mol. The summed E-state index contributed by atoms with van der Waals surface area (Å²) in [6.07, 6.45) is 0. The van der Waals surface area contributed by atoms with Gasteiger partial charge in [0, 0.05) is 0 Å². The summed E-state index contributed by atoms with van der Waals surface area (Å²) in [4.78, 5) is 24.5. The molecule has 21 heavy (non-hydrogen) atoms. The van der Waals surface area contributed by atoms with Crippen LogP contribution in [-0.2, 0) is 0 Å². The van der Waals surface area contributed by atoms with Crippen molar-refractivity contribution < 1.29 is 19.1 Å². The second kappa shape index (κ2) is 5.06. The average Bonchev–Trinajstić information content (AvgIpc) is 3.00. The molecule has 1 N–H and O–H groups in total. The van der Waals surface area contributed by atoms with Gasteiger partial charge in [-0.05, 0) is 23.6 Å². The normalized spacial score (nSPS) is 10.7. The predicted octanol–water partition coefficient (Wildman–Crippen LogP) is 3.23. The minimum absolute atomic E-state index is 0.0551. The van der Waals surface area contributed by atoms with Gasteiger partial charge in [-0.2, -0.15) is 0 Å². The maximum absolute atomic E-state index is 12.5. The summed E-state index contributed by atoms with van der Waals surface area (Å²) in [7, 11) is 1.46. The van der Waals surface area contributed by atoms with Gasteiger partial charge in [-0.1, -0.05) is 12.1 Å². The largest absolute Gasteiger partial charge is 0.493 e. The molecule has 2 heterocycles. The van der Waals surface area contributed by atoms with Crippen LogP contribution in [-0.4, -0.2) is 18.2 Å². The summed E-state index contributed by atoms with van der Waals surface area (Å²) >= 11 is 1.30. The lowest BCUT2D eigenvalue weighted by atomic mass is 10.1. The molecule has 0 unspecified atom stereocenters. The van der Waals surface area contributed by atoms with Gasteiger partial charge in [-0.3, -0.25) is 4.79 Å². The van der Waals surface area contributed by atoms with Gasteiger partial charge in [0.15, 0.2) is 22.7 Å². The van der Waals surface area contributed by atoms with Crippen LogP contribution in [0.2, 0.25) is 0 Å². The van der Waals surface area contributed by atoms with Crippen LogP contribution in [0.4, 0.5) is 0 Å². The lowest BCUT2D eigenvalue weighted by Gasteiger charge is -2.08. The number of thiophene rings is 1. The number of carbonyl (C=O) groups is 1. The summed E-state index contributed by atoms with van der Waals surface area (Å²) in [6.45, 7) is 0. The summed E-state index contributed by atoms with van der Waals surface area (Å²) in [5.41, 5.74) is -0.692. The van der Waals surface area contributed by atoms with Crippen LogP contribution in [0.1, 0.15) is 10.4 Å². The maximum Gasteiger partial charge on any atom is 0.343 e. The van der Waals surface area contributed by atoms with E-state index < -0.39 is 11.4 Å². The number of methoxy groups -OCH3 is 1. The van der Waals surface area contributed by atoms with Gasteiger partial charge < -0.3 is 14.3 Å². The molecule has 0 aliphatic carbocycles. The molecule has 0 amide bonds. The van der Waals surface area contributed by atoms with Crippen LogP contribution in [0.5, 0.6) is 5.75 Å². The Balaban J connectivity index is 2.48. The third-order valence-electron chi connectivity index (χ3n) is 3.06. The Morgan fingerprint density at radius 3 is 2.71 bits per heavy atom. The third-order valence-corrected chi connectivity index (χ3v) is 3.93. The number of fused-ring (bicyclic) bond motifs is 1. The minimum atomic E-state index is -1.31. The maximum atomic E-state index is 12.5. The highest BCUT2D eigenvalue weighted by atomic mass is 32.1. The number of benzene rings is 1. The van der Waals surface area contributed by atoms with E-state index in [2.05, 4.69) is 0 Å². The van der Waals surface area contributed by atoms with Gasteiger partial charge in [-0.15, -0.1) is 11.3 Å². The van der Waals surface area contributed by atoms with Gasteiger partial charge >= 0.3 is 5.97 Å². The predicted molar refractivity (Wildman–Crippen MR) is 79.3 cm³/mol. The zero-order valence-corrected chi connectivity index (χ0v) is 11.8. The van der Waals surface area contributed by atoms with Crippen LogP contribution >= 0.6 is 11.3 Å². The minimum Gasteiger partial charge on any atom is -0.493 e. The number of aromatic carboxylic acids is 1. The third kappa shape index (κ3) is 2.09. The van der Waals surface area contributed by atoms with Crippen LogP contribution in [0, 0.1) is 0 Å². The molecular formula is C15H10O5S. The van der Waals surface area contributed by atoms with E-state index in [0.29, 0.717) is 10.6 Å². The van der Waals surface area contributed by atoms with Crippen molar-refractivity contribution in [3.8, 4) is 16.4 Å². The smallest absolute Gasteiger partial charge is 0.343 e. The quantitative estimate of drug-likeness (QED) is 0.803. The van der Waals surface area contributed by atoms with E-state index in [9.17, 15) is 14.7 Å². The molecule has 2 aromatic heterocycles. The molecule has 0 aliphatic rings. The van der Waals surface area contributed by atoms with Crippen molar-refractivity contribution in [1.29, 1.82) is 0 Å². The molecule has 3 aromatic rings. The molecule has 0 saturated heterocycles. The SMILES string of the molecule is COc1cccc2c(=O)c(C(=O)O)c(-c3cccs3)oc12. The molecule has 3 rings (SSSR count). The topological polar surface area (TPSA) is 76.7 Å². The molecule has 0 saturated carbocycles. The number of carboxylic acid groups (broad SMARTS) is 1. The Labute approximate surface area is 123 Å². The Morgan fingerprint density at radius 1 is 1.29 bits per heavy atom. The molecule has 5 nitrogen and oxygen atoms in total. The van der Waals surface area contributed by atoms with E-state index in [4.69, 9.17) is 9.15 Å². The number of ether oxygens (including phenoxy) is 1. The van der Waals surface area contributed by atoms with E-state index in [1.54, 1.807) is 29.6 Å². The monoisotopic (exact) mass is 302 g/mol. The van der Waals surface area contributed by atoms with Crippen molar-refractivity contribution in [2.24, 2.45) is 0 Å². The first kappa shape index (κ1) is 13.4. The summed E-state index contributed by atoms with van der Waals surface area (Å²) in [6, 6.07) is 8.27. The van der Waals surface area contributed by atoms with Crippen molar-refractivity contribution in [2.45, 2.75) is 0 Å². The van der Waals surface area contributed by atoms with Crippen LogP contribution < -0.4 is 10.2 Å². The fraction of sp³-hybridized carbons (Fsp3) is 0.0667. The highest BCUT2D eigenvalue weighted by Gasteiger charge is 2.23. The van der Waals surface area contributed by atoms with Crippen LogP contribution in [0.25, 0.3) is 21.6 Å². The van der Waals surface area contributed by atoms with Crippen molar-refractivity contribution >= 4 is 28.3 Å². The zero-order valence-electron chi connectivity index (χ0n) is 11.0. The van der Waals surface area contributed by atoms with E-state index in [1.165, 1.54) is 24.5 Å². The van der Waals surface area contributed by atoms with Crippen LogP contribution in [0.15, 0.2) is 44.9 Å². The van der Waals surface area contributed by atoms with Gasteiger partial charge in [0.2, 0.25) is 5.43 Å². The Kier molecular flexibility index (Phi) is 3.23. The first-order chi connectivity index (χ1) is 10.1. The molecule has 0 atom stereocenters. The van der Waals surface area contributed by atoms with E-state index in [-0.39, 0.29) is 22.3 Å². The fourth-order valence-corrected chi connectivity index (χ4v) is 2.84. The number of rotatable bonds is 3. The molecule has 0 spiro atoms. The number of para-hydroxylation sites is 1. The standard InChI is InChI=1S/C15H10O5S/c1-19-9-5-2-4-8-12(16)11(15(17)18)14(20-13(8)9)10-6-3-7-21-10/h2-7H,1H3,(H,17,18). The Hall–Kier alpha value is -2.60. The number of hydrogen-bond donors (Lipinski definition) is 1. The van der Waals surface area contributed by atoms with Crippen molar-refractivity contribution in [3.05, 3.63) is 51.5 Å². The molecule has 6 heteroatoms. The van der Waals surface area contributed by atoms with Gasteiger partial charge in [0.1, 0.15) is 0 Å².